The van der Waals surface area contributed by atoms with E-state index in [1.54, 1.807) is 17.7 Å². The van der Waals surface area contributed by atoms with E-state index in [4.69, 9.17) is 12.2 Å². The first-order valence-corrected chi connectivity index (χ1v) is 5.32. The number of nitrogens with one attached hydrogen (secondary N) is 1. The van der Waals surface area contributed by atoms with Crippen molar-refractivity contribution in [3.63, 3.8) is 0 Å². The summed E-state index contributed by atoms with van der Waals surface area (Å²) in [5, 5.41) is 17.4. The van der Waals surface area contributed by atoms with Gasteiger partial charge in [0.25, 0.3) is 5.69 Å². The van der Waals surface area contributed by atoms with Crippen molar-refractivity contribution < 1.29 is 4.92 Å². The maximum Gasteiger partial charge on any atom is 0.269 e. The molecule has 0 radical (unpaired) electrons. The van der Waals surface area contributed by atoms with Crippen molar-refractivity contribution >= 4 is 17.9 Å². The number of aromatic nitrogens is 3. The molecule has 2 rings (SSSR count). The van der Waals surface area contributed by atoms with E-state index in [2.05, 4.69) is 10.2 Å². The molecule has 0 amide bonds. The summed E-state index contributed by atoms with van der Waals surface area (Å²) in [6, 6.07) is 6.49. The summed E-state index contributed by atoms with van der Waals surface area (Å²) in [6.45, 7) is 0. The van der Waals surface area contributed by atoms with Crippen molar-refractivity contribution in [3.8, 4) is 0 Å². The highest BCUT2D eigenvalue weighted by Crippen LogP contribution is 2.15. The predicted molar refractivity (Wildman–Crippen MR) is 64.3 cm³/mol. The number of aromatic amines is 1. The molecule has 0 atom stereocenters. The first-order valence-electron chi connectivity index (χ1n) is 4.91. The van der Waals surface area contributed by atoms with Gasteiger partial charge in [0.05, 0.1) is 4.92 Å². The van der Waals surface area contributed by atoms with E-state index in [0.29, 0.717) is 11.2 Å². The van der Waals surface area contributed by atoms with Crippen molar-refractivity contribution in [1.82, 2.24) is 14.8 Å². The van der Waals surface area contributed by atoms with Crippen LogP contribution in [0.1, 0.15) is 11.4 Å². The van der Waals surface area contributed by atoms with Crippen LogP contribution in [0.4, 0.5) is 5.69 Å². The highest BCUT2D eigenvalue weighted by atomic mass is 32.1. The molecule has 6 nitrogen and oxygen atoms in total. The smallest absolute Gasteiger partial charge is 0.269 e. The average molecular weight is 250 g/mol. The Kier molecular flexibility index (Phi) is 3.01. The molecule has 1 N–H and O–H groups in total. The molecule has 0 bridgehead atoms. The number of H-pyrrole nitrogens is 1. The van der Waals surface area contributed by atoms with Gasteiger partial charge in [-0.2, -0.15) is 5.10 Å². The monoisotopic (exact) mass is 250 g/mol. The van der Waals surface area contributed by atoms with Gasteiger partial charge in [0.2, 0.25) is 0 Å². The number of nitrogens with zero attached hydrogens (tertiary/aromatic N) is 3. The lowest BCUT2D eigenvalue weighted by Gasteiger charge is -2.00. The molecule has 1 heterocycles. The fraction of sp³-hybridized carbons (Fsp3) is 0.200. The van der Waals surface area contributed by atoms with Crippen molar-refractivity contribution in [2.45, 2.75) is 6.42 Å². The zero-order chi connectivity index (χ0) is 12.4. The maximum atomic E-state index is 10.6. The Hall–Kier alpha value is -2.02. The molecule has 0 spiro atoms. The molecule has 2 aromatic rings. The van der Waals surface area contributed by atoms with Gasteiger partial charge < -0.3 is 4.57 Å². The first kappa shape index (κ1) is 11.5. The van der Waals surface area contributed by atoms with E-state index in [1.165, 1.54) is 12.1 Å². The molecule has 0 saturated carbocycles. The third kappa shape index (κ3) is 2.39. The summed E-state index contributed by atoms with van der Waals surface area (Å²) in [4.78, 5) is 10.2. The maximum absolute atomic E-state index is 10.6. The van der Waals surface area contributed by atoms with Gasteiger partial charge in [0, 0.05) is 25.6 Å². The number of rotatable bonds is 3. The molecular weight excluding hydrogens is 240 g/mol. The minimum atomic E-state index is -0.410. The molecular formula is C10H10N4O2S. The largest absolute Gasteiger partial charge is 0.307 e. The molecule has 0 unspecified atom stereocenters. The van der Waals surface area contributed by atoms with E-state index in [-0.39, 0.29) is 5.69 Å². The van der Waals surface area contributed by atoms with Gasteiger partial charge in [-0.3, -0.25) is 15.2 Å². The third-order valence-electron chi connectivity index (χ3n) is 2.46. The SMILES string of the molecule is Cn1c(Cc2cccc([N+](=O)[O-])c2)n[nH]c1=S. The number of non-ortho nitro benzene ring substituents is 1. The van der Waals surface area contributed by atoms with Crippen LogP contribution in [0, 0.1) is 14.9 Å². The summed E-state index contributed by atoms with van der Waals surface area (Å²) in [5.74, 6) is 0.746. The number of nitro groups is 1. The van der Waals surface area contributed by atoms with Crippen LogP contribution in [0.15, 0.2) is 24.3 Å². The van der Waals surface area contributed by atoms with Crippen LogP contribution in [0.3, 0.4) is 0 Å². The van der Waals surface area contributed by atoms with Crippen LogP contribution < -0.4 is 0 Å². The summed E-state index contributed by atoms with van der Waals surface area (Å²) in [6.07, 6.45) is 0.505. The zero-order valence-electron chi connectivity index (χ0n) is 9.08. The van der Waals surface area contributed by atoms with Crippen LogP contribution in [0.25, 0.3) is 0 Å². The molecule has 0 aliphatic heterocycles. The number of benzene rings is 1. The van der Waals surface area contributed by atoms with Gasteiger partial charge in [-0.1, -0.05) is 12.1 Å². The van der Waals surface area contributed by atoms with Crippen LogP contribution in [0.2, 0.25) is 0 Å². The lowest BCUT2D eigenvalue weighted by atomic mass is 10.1. The molecule has 7 heteroatoms. The lowest BCUT2D eigenvalue weighted by molar-refractivity contribution is -0.384. The van der Waals surface area contributed by atoms with Gasteiger partial charge in [-0.15, -0.1) is 0 Å². The van der Waals surface area contributed by atoms with Crippen LogP contribution in [0.5, 0.6) is 0 Å². The molecule has 17 heavy (non-hydrogen) atoms. The summed E-state index contributed by atoms with van der Waals surface area (Å²) >= 11 is 4.99. The van der Waals surface area contributed by atoms with Crippen LogP contribution in [-0.2, 0) is 13.5 Å². The van der Waals surface area contributed by atoms with Crippen molar-refractivity contribution in [2.75, 3.05) is 0 Å². The summed E-state index contributed by atoms with van der Waals surface area (Å²) in [7, 11) is 1.80. The van der Waals surface area contributed by atoms with Crippen molar-refractivity contribution in [1.29, 1.82) is 0 Å². The fourth-order valence-corrected chi connectivity index (χ4v) is 1.65. The third-order valence-corrected chi connectivity index (χ3v) is 2.82. The second-order valence-electron chi connectivity index (χ2n) is 3.61. The number of nitro benzene ring substituents is 1. The first-order chi connectivity index (χ1) is 8.08. The molecule has 0 aliphatic carbocycles. The van der Waals surface area contributed by atoms with Gasteiger partial charge in [0.15, 0.2) is 4.77 Å². The Morgan fingerprint density at radius 2 is 2.35 bits per heavy atom. The quantitative estimate of drug-likeness (QED) is 0.513. The molecule has 0 aliphatic rings. The summed E-state index contributed by atoms with van der Waals surface area (Å²) in [5.41, 5.74) is 0.913. The number of hydrogen-bond donors (Lipinski definition) is 1. The van der Waals surface area contributed by atoms with Gasteiger partial charge in [-0.05, 0) is 17.8 Å². The lowest BCUT2D eigenvalue weighted by Crippen LogP contribution is -1.99. The van der Waals surface area contributed by atoms with Crippen LogP contribution >= 0.6 is 12.2 Å². The Balaban J connectivity index is 2.30. The van der Waals surface area contributed by atoms with Gasteiger partial charge >= 0.3 is 0 Å². The minimum absolute atomic E-state index is 0.0827. The summed E-state index contributed by atoms with van der Waals surface area (Å²) < 4.78 is 2.28. The Morgan fingerprint density at radius 1 is 1.59 bits per heavy atom. The second kappa shape index (κ2) is 4.46. The van der Waals surface area contributed by atoms with E-state index in [0.717, 1.165) is 11.4 Å². The molecule has 1 aromatic carbocycles. The van der Waals surface area contributed by atoms with E-state index in [1.807, 2.05) is 6.07 Å². The standard InChI is InChI=1S/C10H10N4O2S/c1-13-9(11-12-10(13)17)6-7-3-2-4-8(5-7)14(15)16/h2-5H,6H2,1H3,(H,12,17). The van der Waals surface area contributed by atoms with Gasteiger partial charge in [0.1, 0.15) is 5.82 Å². The number of hydrogen-bond acceptors (Lipinski definition) is 4. The van der Waals surface area contributed by atoms with E-state index in [9.17, 15) is 10.1 Å². The minimum Gasteiger partial charge on any atom is -0.307 e. The Labute approximate surface area is 102 Å². The Bertz CT molecular complexity index is 617. The molecule has 1 aromatic heterocycles. The molecule has 0 saturated heterocycles. The van der Waals surface area contributed by atoms with Crippen LogP contribution in [-0.4, -0.2) is 19.7 Å². The van der Waals surface area contributed by atoms with Crippen molar-refractivity contribution in [2.24, 2.45) is 7.05 Å². The van der Waals surface area contributed by atoms with E-state index < -0.39 is 4.92 Å². The second-order valence-corrected chi connectivity index (χ2v) is 3.99. The highest BCUT2D eigenvalue weighted by molar-refractivity contribution is 7.71. The average Bonchev–Trinajstić information content (AvgIpc) is 2.61. The highest BCUT2D eigenvalue weighted by Gasteiger charge is 2.08. The predicted octanol–water partition coefficient (Wildman–Crippen LogP) is 1.98. The molecule has 0 fully saturated rings. The fourth-order valence-electron chi connectivity index (χ4n) is 1.50. The Morgan fingerprint density at radius 3 is 2.94 bits per heavy atom. The zero-order valence-corrected chi connectivity index (χ0v) is 9.90. The normalized spacial score (nSPS) is 10.4. The topological polar surface area (TPSA) is 76.8 Å². The molecule has 88 valence electrons. The van der Waals surface area contributed by atoms with E-state index >= 15 is 0 Å². The van der Waals surface area contributed by atoms with Crippen molar-refractivity contribution in [3.05, 3.63) is 50.5 Å². The van der Waals surface area contributed by atoms with Gasteiger partial charge in [-0.25, -0.2) is 0 Å².